The van der Waals surface area contributed by atoms with E-state index in [1.54, 1.807) is 0 Å². The van der Waals surface area contributed by atoms with Gasteiger partial charge < -0.3 is 13.7 Å². The molecule has 0 fully saturated rings. The lowest BCUT2D eigenvalue weighted by Gasteiger charge is -2.35. The van der Waals surface area contributed by atoms with Gasteiger partial charge in [-0.1, -0.05) is 194 Å². The van der Waals surface area contributed by atoms with Crippen LogP contribution in [-0.4, -0.2) is 0 Å². The predicted octanol–water partition coefficient (Wildman–Crippen LogP) is 16.7. The monoisotopic (exact) mass is 817 g/mol. The molecule has 0 bridgehead atoms. The van der Waals surface area contributed by atoms with E-state index >= 15 is 0 Å². The smallest absolute Gasteiger partial charge is 0.144 e. The van der Waals surface area contributed by atoms with Crippen LogP contribution < -0.4 is 4.90 Å². The molecule has 12 aromatic rings. The van der Waals surface area contributed by atoms with Crippen molar-refractivity contribution in [3.05, 3.63) is 259 Å². The number of furan rings is 2. The van der Waals surface area contributed by atoms with E-state index in [4.69, 9.17) is 8.83 Å². The van der Waals surface area contributed by atoms with Gasteiger partial charge in [-0.3, -0.25) is 0 Å². The average Bonchev–Trinajstić information content (AvgIpc) is 4.03. The second-order valence-corrected chi connectivity index (χ2v) is 16.7. The van der Waals surface area contributed by atoms with Gasteiger partial charge in [0.25, 0.3) is 0 Å². The van der Waals surface area contributed by atoms with Crippen molar-refractivity contribution in [3.8, 4) is 33.4 Å². The number of benzene rings is 10. The molecule has 3 heteroatoms. The molecule has 0 atom stereocenters. The maximum atomic E-state index is 7.14. The second kappa shape index (κ2) is 14.3. The number of fused-ring (bicyclic) bond motifs is 9. The van der Waals surface area contributed by atoms with Crippen LogP contribution in [0, 0.1) is 0 Å². The molecule has 300 valence electrons. The molecule has 10 aromatic carbocycles. The van der Waals surface area contributed by atoms with Gasteiger partial charge in [-0.15, -0.1) is 0 Å². The molecule has 0 saturated heterocycles. The number of rotatable bonds is 7. The molecule has 2 aromatic heterocycles. The van der Waals surface area contributed by atoms with Gasteiger partial charge in [0.15, 0.2) is 0 Å². The molecule has 0 aliphatic heterocycles. The Morgan fingerprint density at radius 3 is 1.67 bits per heavy atom. The molecule has 1 aliphatic carbocycles. The highest BCUT2D eigenvalue weighted by Crippen LogP contribution is 2.58. The van der Waals surface area contributed by atoms with Crippen molar-refractivity contribution in [2.45, 2.75) is 5.41 Å². The van der Waals surface area contributed by atoms with E-state index < -0.39 is 5.41 Å². The van der Waals surface area contributed by atoms with Crippen LogP contribution >= 0.6 is 0 Å². The van der Waals surface area contributed by atoms with Crippen molar-refractivity contribution in [3.63, 3.8) is 0 Å². The van der Waals surface area contributed by atoms with Crippen molar-refractivity contribution < 1.29 is 8.83 Å². The van der Waals surface area contributed by atoms with Crippen LogP contribution in [0.3, 0.4) is 0 Å². The van der Waals surface area contributed by atoms with E-state index in [9.17, 15) is 0 Å². The zero-order chi connectivity index (χ0) is 42.2. The van der Waals surface area contributed by atoms with Crippen LogP contribution in [-0.2, 0) is 5.41 Å². The Morgan fingerprint density at radius 2 is 0.922 bits per heavy atom. The van der Waals surface area contributed by atoms with Crippen LogP contribution in [0.4, 0.5) is 17.1 Å². The van der Waals surface area contributed by atoms with Crippen LogP contribution in [0.25, 0.3) is 77.3 Å². The lowest BCUT2D eigenvalue weighted by Crippen LogP contribution is -2.28. The Morgan fingerprint density at radius 1 is 0.344 bits per heavy atom. The predicted molar refractivity (Wildman–Crippen MR) is 264 cm³/mol. The summed E-state index contributed by atoms with van der Waals surface area (Å²) in [4.78, 5) is 2.45. The molecule has 0 amide bonds. The van der Waals surface area contributed by atoms with Gasteiger partial charge in [0.2, 0.25) is 0 Å². The Kier molecular flexibility index (Phi) is 8.13. The summed E-state index contributed by atoms with van der Waals surface area (Å²) in [7, 11) is 0. The van der Waals surface area contributed by atoms with Gasteiger partial charge in [-0.25, -0.2) is 0 Å². The van der Waals surface area contributed by atoms with Crippen LogP contribution in [0.2, 0.25) is 0 Å². The fraction of sp³-hybridized carbons (Fsp3) is 0.0164. The van der Waals surface area contributed by atoms with Gasteiger partial charge in [-0.2, -0.15) is 0 Å². The van der Waals surface area contributed by atoms with Gasteiger partial charge in [-0.05, 0) is 87.0 Å². The molecule has 0 radical (unpaired) electrons. The fourth-order valence-corrected chi connectivity index (χ4v) is 10.7. The minimum atomic E-state index is -0.569. The zero-order valence-corrected chi connectivity index (χ0v) is 34.8. The van der Waals surface area contributed by atoms with Crippen LogP contribution in [0.15, 0.2) is 245 Å². The lowest BCUT2D eigenvalue weighted by atomic mass is 9.67. The third kappa shape index (κ3) is 5.28. The van der Waals surface area contributed by atoms with Crippen molar-refractivity contribution >= 4 is 60.9 Å². The minimum absolute atomic E-state index is 0.569. The number of hydrogen-bond acceptors (Lipinski definition) is 3. The molecule has 0 saturated carbocycles. The Bertz CT molecular complexity index is 3680. The van der Waals surface area contributed by atoms with Crippen LogP contribution in [0.5, 0.6) is 0 Å². The molecule has 2 heterocycles. The number of anilines is 3. The first-order valence-electron chi connectivity index (χ1n) is 21.9. The van der Waals surface area contributed by atoms with E-state index in [2.05, 4.69) is 235 Å². The molecule has 3 nitrogen and oxygen atoms in total. The van der Waals surface area contributed by atoms with Crippen molar-refractivity contribution in [2.24, 2.45) is 0 Å². The van der Waals surface area contributed by atoms with Crippen molar-refractivity contribution in [2.75, 3.05) is 4.90 Å². The molecular formula is C61H39NO2. The Hall–Kier alpha value is -8.40. The topological polar surface area (TPSA) is 29.5 Å². The first-order valence-corrected chi connectivity index (χ1v) is 21.9. The van der Waals surface area contributed by atoms with Crippen molar-refractivity contribution in [1.82, 2.24) is 0 Å². The SMILES string of the molecule is c1ccc(-c2ccccc2N(c2ccc3c(c2)C(c2ccccc2)(c2ccccc2)c2ccccc2-3)c2cccc3oc4c(-c5ccccc5)c5c(cc4c23)oc2ccccc25)cc1. The Balaban J connectivity index is 1.15. The van der Waals surface area contributed by atoms with E-state index in [0.717, 1.165) is 83.2 Å². The standard InChI is InChI=1S/C61H39NO2/c1-5-20-40(21-6-1)45-28-14-17-32-52(45)62(44-36-37-47-46-29-13-16-31-50(46)61(51(47)38-44,42-24-9-3-10-25-42)43-26-11-4-12-27-43)53-33-19-35-55-58(53)49-39-56-59(48-30-15-18-34-54(48)63-56)57(60(49)64-55)41-22-7-2-8-23-41/h1-39H. The number of hydrogen-bond donors (Lipinski definition) is 0. The minimum Gasteiger partial charge on any atom is -0.456 e. The Labute approximate surface area is 370 Å². The van der Waals surface area contributed by atoms with Gasteiger partial charge >= 0.3 is 0 Å². The summed E-state index contributed by atoms with van der Waals surface area (Å²) in [6.07, 6.45) is 0. The highest BCUT2D eigenvalue weighted by Gasteiger charge is 2.46. The summed E-state index contributed by atoms with van der Waals surface area (Å²) >= 11 is 0. The zero-order valence-electron chi connectivity index (χ0n) is 34.8. The molecule has 64 heavy (non-hydrogen) atoms. The summed E-state index contributed by atoms with van der Waals surface area (Å²) in [5.74, 6) is 0. The van der Waals surface area contributed by atoms with Crippen LogP contribution in [0.1, 0.15) is 22.3 Å². The molecule has 1 aliphatic rings. The molecular weight excluding hydrogens is 779 g/mol. The highest BCUT2D eigenvalue weighted by molar-refractivity contribution is 6.25. The molecule has 13 rings (SSSR count). The summed E-state index contributed by atoms with van der Waals surface area (Å²) < 4.78 is 13.9. The molecule has 0 spiro atoms. The summed E-state index contributed by atoms with van der Waals surface area (Å²) in [5, 5.41) is 4.13. The third-order valence-corrected chi connectivity index (χ3v) is 13.3. The van der Waals surface area contributed by atoms with E-state index in [1.165, 1.54) is 33.4 Å². The average molecular weight is 818 g/mol. The van der Waals surface area contributed by atoms with Gasteiger partial charge in [0.1, 0.15) is 22.3 Å². The normalized spacial score (nSPS) is 12.8. The summed E-state index contributed by atoms with van der Waals surface area (Å²) in [6.45, 7) is 0. The number of nitrogens with zero attached hydrogens (tertiary/aromatic N) is 1. The molecule has 0 unspecified atom stereocenters. The molecule has 0 N–H and O–H groups in total. The first kappa shape index (κ1) is 36.3. The second-order valence-electron chi connectivity index (χ2n) is 16.7. The number of para-hydroxylation sites is 2. The maximum Gasteiger partial charge on any atom is 0.144 e. The fourth-order valence-electron chi connectivity index (χ4n) is 10.7. The summed E-state index contributed by atoms with van der Waals surface area (Å²) in [6, 6.07) is 85.1. The first-order chi connectivity index (χ1) is 31.8. The summed E-state index contributed by atoms with van der Waals surface area (Å²) in [5.41, 5.74) is 17.7. The maximum absolute atomic E-state index is 7.14. The van der Waals surface area contributed by atoms with E-state index in [1.807, 2.05) is 6.07 Å². The largest absolute Gasteiger partial charge is 0.456 e. The quantitative estimate of drug-likeness (QED) is 0.160. The third-order valence-electron chi connectivity index (χ3n) is 13.3. The van der Waals surface area contributed by atoms with Gasteiger partial charge in [0, 0.05) is 33.0 Å². The highest BCUT2D eigenvalue weighted by atomic mass is 16.3. The van der Waals surface area contributed by atoms with E-state index in [0.29, 0.717) is 0 Å². The van der Waals surface area contributed by atoms with Gasteiger partial charge in [0.05, 0.1) is 22.2 Å². The lowest BCUT2D eigenvalue weighted by molar-refractivity contribution is 0.664. The van der Waals surface area contributed by atoms with E-state index in [-0.39, 0.29) is 0 Å². The van der Waals surface area contributed by atoms with Crippen molar-refractivity contribution in [1.29, 1.82) is 0 Å².